The fraction of sp³-hybridized carbons (Fsp3) is 0.474. The number of rotatable bonds is 9. The highest BCUT2D eigenvalue weighted by atomic mass is 16.2. The number of carbonyl (C=O) groups excluding carboxylic acids is 4. The molecular weight excluding hydrogens is 320 g/mol. The third-order valence-electron chi connectivity index (χ3n) is 4.38. The summed E-state index contributed by atoms with van der Waals surface area (Å²) >= 11 is 0. The molecule has 1 aliphatic rings. The molecule has 1 aromatic carbocycles. The topological polar surface area (TPSA) is 83.6 Å². The number of fused-ring (bicyclic) bond motifs is 1. The van der Waals surface area contributed by atoms with E-state index in [9.17, 15) is 19.2 Å². The summed E-state index contributed by atoms with van der Waals surface area (Å²) in [5.74, 6) is -1.22. The van der Waals surface area contributed by atoms with Crippen molar-refractivity contribution in [3.05, 3.63) is 29.3 Å². The van der Waals surface area contributed by atoms with E-state index in [1.54, 1.807) is 25.1 Å². The SMILES string of the molecule is CCCNc1cccc2c1C(=O)N(C(CCC(=O)CC)C(C)=O)C2=O. The summed E-state index contributed by atoms with van der Waals surface area (Å²) in [5, 5.41) is 3.15. The Morgan fingerprint density at radius 2 is 1.88 bits per heavy atom. The summed E-state index contributed by atoms with van der Waals surface area (Å²) in [7, 11) is 0. The fourth-order valence-electron chi connectivity index (χ4n) is 2.98. The predicted molar refractivity (Wildman–Crippen MR) is 94.7 cm³/mol. The fourth-order valence-corrected chi connectivity index (χ4v) is 2.98. The van der Waals surface area contributed by atoms with Gasteiger partial charge in [-0.05, 0) is 31.9 Å². The first kappa shape index (κ1) is 18.8. The lowest BCUT2D eigenvalue weighted by molar-refractivity contribution is -0.122. The monoisotopic (exact) mass is 344 g/mol. The maximum atomic E-state index is 12.9. The first-order valence-electron chi connectivity index (χ1n) is 8.69. The molecule has 134 valence electrons. The van der Waals surface area contributed by atoms with Gasteiger partial charge in [0.05, 0.1) is 17.2 Å². The number of hydrogen-bond donors (Lipinski definition) is 1. The highest BCUT2D eigenvalue weighted by Crippen LogP contribution is 2.32. The van der Waals surface area contributed by atoms with Crippen LogP contribution in [0.2, 0.25) is 0 Å². The molecule has 1 N–H and O–H groups in total. The lowest BCUT2D eigenvalue weighted by Gasteiger charge is -2.23. The molecule has 1 heterocycles. The van der Waals surface area contributed by atoms with Gasteiger partial charge in [-0.1, -0.05) is 19.9 Å². The van der Waals surface area contributed by atoms with Crippen LogP contribution in [0.25, 0.3) is 0 Å². The Balaban J connectivity index is 2.33. The summed E-state index contributed by atoms with van der Waals surface area (Å²) in [6.45, 7) is 5.78. The molecule has 1 atom stereocenters. The molecule has 6 nitrogen and oxygen atoms in total. The van der Waals surface area contributed by atoms with Crippen LogP contribution in [-0.4, -0.2) is 40.9 Å². The van der Waals surface area contributed by atoms with Crippen molar-refractivity contribution < 1.29 is 19.2 Å². The smallest absolute Gasteiger partial charge is 0.264 e. The second-order valence-electron chi connectivity index (χ2n) is 6.19. The highest BCUT2D eigenvalue weighted by Gasteiger charge is 2.42. The van der Waals surface area contributed by atoms with Crippen LogP contribution in [0.4, 0.5) is 5.69 Å². The van der Waals surface area contributed by atoms with E-state index in [2.05, 4.69) is 5.32 Å². The van der Waals surface area contributed by atoms with Crippen molar-refractivity contribution >= 4 is 29.1 Å². The minimum atomic E-state index is -0.901. The number of carbonyl (C=O) groups is 4. The molecule has 2 rings (SSSR count). The lowest BCUT2D eigenvalue weighted by Crippen LogP contribution is -2.44. The number of benzene rings is 1. The molecule has 0 aliphatic carbocycles. The van der Waals surface area contributed by atoms with Gasteiger partial charge in [0, 0.05) is 25.1 Å². The zero-order valence-electron chi connectivity index (χ0n) is 14.9. The molecule has 0 aromatic heterocycles. The van der Waals surface area contributed by atoms with Gasteiger partial charge in [0.25, 0.3) is 11.8 Å². The van der Waals surface area contributed by atoms with Gasteiger partial charge in [0.2, 0.25) is 0 Å². The van der Waals surface area contributed by atoms with E-state index in [1.165, 1.54) is 6.92 Å². The van der Waals surface area contributed by atoms with E-state index >= 15 is 0 Å². The van der Waals surface area contributed by atoms with Crippen LogP contribution in [0.3, 0.4) is 0 Å². The van der Waals surface area contributed by atoms with Crippen LogP contribution < -0.4 is 5.32 Å². The molecule has 1 aromatic rings. The maximum absolute atomic E-state index is 12.9. The molecule has 0 bridgehead atoms. The minimum absolute atomic E-state index is 0.00756. The average molecular weight is 344 g/mol. The number of imide groups is 1. The maximum Gasteiger partial charge on any atom is 0.264 e. The van der Waals surface area contributed by atoms with Gasteiger partial charge in [0.1, 0.15) is 5.78 Å². The first-order chi connectivity index (χ1) is 11.9. The molecule has 0 fully saturated rings. The van der Waals surface area contributed by atoms with Gasteiger partial charge in [-0.15, -0.1) is 0 Å². The molecule has 0 spiro atoms. The number of amides is 2. The van der Waals surface area contributed by atoms with E-state index in [0.29, 0.717) is 29.8 Å². The number of ketones is 2. The van der Waals surface area contributed by atoms with Crippen LogP contribution >= 0.6 is 0 Å². The van der Waals surface area contributed by atoms with E-state index in [1.807, 2.05) is 6.92 Å². The molecular formula is C19H24N2O4. The second kappa shape index (κ2) is 8.05. The zero-order chi connectivity index (χ0) is 18.6. The van der Waals surface area contributed by atoms with Crippen LogP contribution in [0, 0.1) is 0 Å². The Morgan fingerprint density at radius 3 is 2.48 bits per heavy atom. The predicted octanol–water partition coefficient (Wildman–Crippen LogP) is 2.82. The van der Waals surface area contributed by atoms with E-state index in [0.717, 1.165) is 11.3 Å². The van der Waals surface area contributed by atoms with E-state index in [4.69, 9.17) is 0 Å². The van der Waals surface area contributed by atoms with Crippen molar-refractivity contribution in [2.75, 3.05) is 11.9 Å². The van der Waals surface area contributed by atoms with E-state index < -0.39 is 17.9 Å². The molecule has 0 saturated carbocycles. The number of anilines is 1. The standard InChI is InChI=1S/C19H24N2O4/c1-4-11-20-15-8-6-7-14-17(15)19(25)21(18(14)24)16(12(3)22)10-9-13(23)5-2/h6-8,16,20H,4-5,9-11H2,1-3H3. The quantitative estimate of drug-likeness (QED) is 0.697. The second-order valence-corrected chi connectivity index (χ2v) is 6.19. The Kier molecular flexibility index (Phi) is 6.07. The highest BCUT2D eigenvalue weighted by molar-refractivity contribution is 6.25. The van der Waals surface area contributed by atoms with Crippen molar-refractivity contribution in [2.45, 2.75) is 52.5 Å². The Labute approximate surface area is 147 Å². The molecule has 1 unspecified atom stereocenters. The Hall–Kier alpha value is -2.50. The van der Waals surface area contributed by atoms with Gasteiger partial charge >= 0.3 is 0 Å². The van der Waals surface area contributed by atoms with Crippen LogP contribution in [-0.2, 0) is 9.59 Å². The number of Topliss-reactive ketones (excluding diaryl/α,β-unsaturated/α-hetero) is 2. The normalized spacial score (nSPS) is 14.4. The summed E-state index contributed by atoms with van der Waals surface area (Å²) < 4.78 is 0. The molecule has 0 saturated heterocycles. The summed E-state index contributed by atoms with van der Waals surface area (Å²) in [6.07, 6.45) is 1.60. The first-order valence-corrected chi connectivity index (χ1v) is 8.69. The van der Waals surface area contributed by atoms with Gasteiger partial charge in [-0.25, -0.2) is 0 Å². The van der Waals surface area contributed by atoms with Crippen LogP contribution in [0.15, 0.2) is 18.2 Å². The molecule has 25 heavy (non-hydrogen) atoms. The van der Waals surface area contributed by atoms with Gasteiger partial charge < -0.3 is 5.32 Å². The molecule has 0 radical (unpaired) electrons. The lowest BCUT2D eigenvalue weighted by atomic mass is 10.0. The van der Waals surface area contributed by atoms with Crippen molar-refractivity contribution in [1.82, 2.24) is 4.90 Å². The van der Waals surface area contributed by atoms with Crippen molar-refractivity contribution in [2.24, 2.45) is 0 Å². The van der Waals surface area contributed by atoms with Crippen molar-refractivity contribution in [1.29, 1.82) is 0 Å². The van der Waals surface area contributed by atoms with Crippen molar-refractivity contribution in [3.8, 4) is 0 Å². The largest absolute Gasteiger partial charge is 0.384 e. The third kappa shape index (κ3) is 3.78. The molecule has 6 heteroatoms. The van der Waals surface area contributed by atoms with Crippen molar-refractivity contribution in [3.63, 3.8) is 0 Å². The summed E-state index contributed by atoms with van der Waals surface area (Å²) in [4.78, 5) is 50.3. The number of nitrogens with zero attached hydrogens (tertiary/aromatic N) is 1. The van der Waals surface area contributed by atoms with Gasteiger partial charge in [0.15, 0.2) is 5.78 Å². The van der Waals surface area contributed by atoms with E-state index in [-0.39, 0.29) is 24.4 Å². The summed E-state index contributed by atoms with van der Waals surface area (Å²) in [5.41, 5.74) is 1.22. The van der Waals surface area contributed by atoms with Gasteiger partial charge in [-0.2, -0.15) is 0 Å². The minimum Gasteiger partial charge on any atom is -0.384 e. The third-order valence-corrected chi connectivity index (χ3v) is 4.38. The number of nitrogens with one attached hydrogen (secondary N) is 1. The summed E-state index contributed by atoms with van der Waals surface area (Å²) in [6, 6.07) is 4.17. The number of hydrogen-bond acceptors (Lipinski definition) is 5. The van der Waals surface area contributed by atoms with Crippen LogP contribution in [0.5, 0.6) is 0 Å². The zero-order valence-corrected chi connectivity index (χ0v) is 14.9. The molecule has 2 amide bonds. The Morgan fingerprint density at radius 1 is 1.16 bits per heavy atom. The van der Waals surface area contributed by atoms with Crippen LogP contribution in [0.1, 0.15) is 67.2 Å². The Bertz CT molecular complexity index is 711. The van der Waals surface area contributed by atoms with Gasteiger partial charge in [-0.3, -0.25) is 24.1 Å². The average Bonchev–Trinajstić information content (AvgIpc) is 2.85. The molecule has 1 aliphatic heterocycles.